The van der Waals surface area contributed by atoms with Crippen LogP contribution in [-0.4, -0.2) is 62.7 Å². The van der Waals surface area contributed by atoms with Crippen molar-refractivity contribution in [1.29, 1.82) is 0 Å². The Morgan fingerprint density at radius 1 is 1.03 bits per heavy atom. The van der Waals surface area contributed by atoms with Crippen molar-refractivity contribution >= 4 is 23.3 Å². The largest absolute Gasteiger partial charge is 0.356 e. The molecule has 0 aliphatic carbocycles. The lowest BCUT2D eigenvalue weighted by molar-refractivity contribution is -0.132. The first-order chi connectivity index (χ1) is 16.2. The Morgan fingerprint density at radius 3 is 2.70 bits per heavy atom. The van der Waals surface area contributed by atoms with E-state index in [0.29, 0.717) is 25.9 Å². The van der Waals surface area contributed by atoms with Crippen molar-refractivity contribution in [2.45, 2.75) is 38.6 Å². The number of amides is 2. The van der Waals surface area contributed by atoms with Crippen molar-refractivity contribution in [3.05, 3.63) is 53.9 Å². The lowest BCUT2D eigenvalue weighted by Gasteiger charge is -2.32. The Morgan fingerprint density at radius 2 is 1.85 bits per heavy atom. The van der Waals surface area contributed by atoms with Gasteiger partial charge in [-0.05, 0) is 48.9 Å². The molecule has 3 aromatic rings. The molecule has 1 aromatic carbocycles. The molecule has 2 aromatic heterocycles. The Kier molecular flexibility index (Phi) is 6.19. The van der Waals surface area contributed by atoms with Gasteiger partial charge < -0.3 is 15.1 Å². The summed E-state index contributed by atoms with van der Waals surface area (Å²) in [4.78, 5) is 29.3. The molecule has 0 spiro atoms. The zero-order valence-electron chi connectivity index (χ0n) is 18.7. The Bertz CT molecular complexity index is 1140. The van der Waals surface area contributed by atoms with E-state index in [1.54, 1.807) is 10.8 Å². The van der Waals surface area contributed by atoms with Gasteiger partial charge in [0.05, 0.1) is 0 Å². The third kappa shape index (κ3) is 4.81. The van der Waals surface area contributed by atoms with Crippen LogP contribution in [0.5, 0.6) is 0 Å². The average Bonchev–Trinajstić information content (AvgIpc) is 3.34. The van der Waals surface area contributed by atoms with Gasteiger partial charge in [0.2, 0.25) is 11.8 Å². The van der Waals surface area contributed by atoms with Crippen molar-refractivity contribution in [3.63, 3.8) is 0 Å². The number of carbonyl (C=O) groups is 2. The zero-order chi connectivity index (χ0) is 22.6. The monoisotopic (exact) mass is 447 g/mol. The summed E-state index contributed by atoms with van der Waals surface area (Å²) >= 11 is 0. The van der Waals surface area contributed by atoms with E-state index < -0.39 is 0 Å². The van der Waals surface area contributed by atoms with Gasteiger partial charge in [-0.3, -0.25) is 9.59 Å². The predicted molar refractivity (Wildman–Crippen MR) is 124 cm³/mol. The van der Waals surface area contributed by atoms with Gasteiger partial charge in [-0.1, -0.05) is 24.3 Å². The molecular formula is C24H29N7O2. The van der Waals surface area contributed by atoms with Crippen LogP contribution < -0.4 is 10.2 Å². The molecule has 0 atom stereocenters. The quantitative estimate of drug-likeness (QED) is 0.579. The van der Waals surface area contributed by atoms with E-state index in [9.17, 15) is 9.59 Å². The summed E-state index contributed by atoms with van der Waals surface area (Å²) in [6.07, 6.45) is 5.23. The molecule has 1 saturated heterocycles. The first-order valence-electron chi connectivity index (χ1n) is 11.7. The SMILES string of the molecule is O=C(NCCCC(=O)N1CCc2ccccc2C1)C1CCN(c2ccc3nncn3n2)CC1. The Balaban J connectivity index is 1.02. The summed E-state index contributed by atoms with van der Waals surface area (Å²) in [7, 11) is 0. The van der Waals surface area contributed by atoms with Gasteiger partial charge in [0.25, 0.3) is 0 Å². The van der Waals surface area contributed by atoms with E-state index in [1.807, 2.05) is 23.1 Å². The average molecular weight is 448 g/mol. The van der Waals surface area contributed by atoms with Crippen molar-refractivity contribution in [2.75, 3.05) is 31.1 Å². The molecule has 4 heterocycles. The number of nitrogens with zero attached hydrogens (tertiary/aromatic N) is 6. The summed E-state index contributed by atoms with van der Waals surface area (Å²) < 4.78 is 1.66. The summed E-state index contributed by atoms with van der Waals surface area (Å²) in [6.45, 7) is 3.58. The molecule has 2 aliphatic heterocycles. The number of hydrogen-bond acceptors (Lipinski definition) is 6. The topological polar surface area (TPSA) is 95.7 Å². The Labute approximate surface area is 192 Å². The van der Waals surface area contributed by atoms with Gasteiger partial charge in [-0.2, -0.15) is 4.52 Å². The van der Waals surface area contributed by atoms with Crippen molar-refractivity contribution in [2.24, 2.45) is 5.92 Å². The molecule has 0 unspecified atom stereocenters. The second-order valence-corrected chi connectivity index (χ2v) is 8.82. The van der Waals surface area contributed by atoms with E-state index in [4.69, 9.17) is 0 Å². The van der Waals surface area contributed by atoms with E-state index >= 15 is 0 Å². The maximum absolute atomic E-state index is 12.6. The van der Waals surface area contributed by atoms with E-state index in [0.717, 1.165) is 50.4 Å². The fourth-order valence-corrected chi connectivity index (χ4v) is 4.72. The minimum absolute atomic E-state index is 0.00851. The highest BCUT2D eigenvalue weighted by atomic mass is 16.2. The number of aromatic nitrogens is 4. The van der Waals surface area contributed by atoms with Gasteiger partial charge >= 0.3 is 0 Å². The molecule has 9 nitrogen and oxygen atoms in total. The number of piperidine rings is 1. The third-order valence-electron chi connectivity index (χ3n) is 6.69. The first kappa shape index (κ1) is 21.4. The molecule has 1 N–H and O–H groups in total. The predicted octanol–water partition coefficient (Wildman–Crippen LogP) is 1.82. The normalized spacial score (nSPS) is 16.6. The summed E-state index contributed by atoms with van der Waals surface area (Å²) in [5, 5.41) is 15.4. The van der Waals surface area contributed by atoms with E-state index in [2.05, 4.69) is 43.7 Å². The minimum Gasteiger partial charge on any atom is -0.356 e. The number of nitrogens with one attached hydrogen (secondary N) is 1. The zero-order valence-corrected chi connectivity index (χ0v) is 18.7. The molecule has 2 amide bonds. The highest BCUT2D eigenvalue weighted by Crippen LogP contribution is 2.22. The molecule has 1 fully saturated rings. The molecule has 2 aliphatic rings. The molecule has 172 valence electrons. The van der Waals surface area contributed by atoms with Gasteiger partial charge in [-0.25, -0.2) is 0 Å². The van der Waals surface area contributed by atoms with Crippen molar-refractivity contribution in [1.82, 2.24) is 30.0 Å². The lowest BCUT2D eigenvalue weighted by Crippen LogP contribution is -2.41. The molecule has 33 heavy (non-hydrogen) atoms. The second kappa shape index (κ2) is 9.56. The third-order valence-corrected chi connectivity index (χ3v) is 6.69. The van der Waals surface area contributed by atoms with Crippen molar-refractivity contribution < 1.29 is 9.59 Å². The van der Waals surface area contributed by atoms with Crippen LogP contribution in [0.25, 0.3) is 5.65 Å². The number of benzene rings is 1. The van der Waals surface area contributed by atoms with Gasteiger partial charge in [0.15, 0.2) is 5.65 Å². The van der Waals surface area contributed by atoms with Crippen molar-refractivity contribution in [3.8, 4) is 0 Å². The fourth-order valence-electron chi connectivity index (χ4n) is 4.72. The molecule has 0 saturated carbocycles. The summed E-state index contributed by atoms with van der Waals surface area (Å²) in [6, 6.07) is 12.2. The second-order valence-electron chi connectivity index (χ2n) is 8.82. The molecule has 5 rings (SSSR count). The maximum atomic E-state index is 12.6. The number of rotatable bonds is 6. The number of carbonyl (C=O) groups excluding carboxylic acids is 2. The molecule has 0 bridgehead atoms. The molecule has 0 radical (unpaired) electrons. The molecular weight excluding hydrogens is 418 g/mol. The van der Waals surface area contributed by atoms with Crippen LogP contribution in [0.2, 0.25) is 0 Å². The van der Waals surface area contributed by atoms with Crippen LogP contribution in [0.15, 0.2) is 42.7 Å². The Hall–Kier alpha value is -3.49. The number of anilines is 1. The molecule has 9 heteroatoms. The number of fused-ring (bicyclic) bond motifs is 2. The van der Waals surface area contributed by atoms with E-state index in [-0.39, 0.29) is 17.7 Å². The smallest absolute Gasteiger partial charge is 0.223 e. The van der Waals surface area contributed by atoms with Gasteiger partial charge in [0.1, 0.15) is 12.1 Å². The van der Waals surface area contributed by atoms with Crippen LogP contribution in [-0.2, 0) is 22.6 Å². The van der Waals surface area contributed by atoms with Crippen LogP contribution >= 0.6 is 0 Å². The standard InChI is InChI=1S/C24H29N7O2/c32-23(30-15-9-18-4-1-2-5-20(18)16-30)6-3-12-25-24(33)19-10-13-29(14-11-19)22-8-7-21-27-26-17-31(21)28-22/h1-2,4-5,7-8,17,19H,3,6,9-16H2,(H,25,33). The van der Waals surface area contributed by atoms with Crippen LogP contribution in [0, 0.1) is 5.92 Å². The first-order valence-corrected chi connectivity index (χ1v) is 11.7. The summed E-state index contributed by atoms with van der Waals surface area (Å²) in [5.41, 5.74) is 3.31. The highest BCUT2D eigenvalue weighted by Gasteiger charge is 2.26. The lowest BCUT2D eigenvalue weighted by atomic mass is 9.96. The van der Waals surface area contributed by atoms with E-state index in [1.165, 1.54) is 11.1 Å². The highest BCUT2D eigenvalue weighted by molar-refractivity contribution is 5.79. The maximum Gasteiger partial charge on any atom is 0.223 e. The van der Waals surface area contributed by atoms with Gasteiger partial charge in [-0.15, -0.1) is 15.3 Å². The van der Waals surface area contributed by atoms with Gasteiger partial charge in [0, 0.05) is 45.1 Å². The van der Waals surface area contributed by atoms with Crippen LogP contribution in [0.4, 0.5) is 5.82 Å². The van der Waals surface area contributed by atoms with Crippen LogP contribution in [0.1, 0.15) is 36.8 Å². The fraction of sp³-hybridized carbons (Fsp3) is 0.458. The number of hydrogen-bond donors (Lipinski definition) is 1. The minimum atomic E-state index is 0.00851. The van der Waals surface area contributed by atoms with Crippen LogP contribution in [0.3, 0.4) is 0 Å². The summed E-state index contributed by atoms with van der Waals surface area (Å²) in [5.74, 6) is 1.15.